The smallest absolute Gasteiger partial charge is 0.405 e. The van der Waals surface area contributed by atoms with Crippen LogP contribution in [0.25, 0.3) is 0 Å². The number of hydrogen-bond acceptors (Lipinski definition) is 3. The zero-order chi connectivity index (χ0) is 18.1. The maximum absolute atomic E-state index is 14.0. The lowest BCUT2D eigenvalue weighted by Gasteiger charge is -2.42. The number of carbonyl (C=O) groups excluding carboxylic acids is 2. The first kappa shape index (κ1) is 18.5. The van der Waals surface area contributed by atoms with Gasteiger partial charge in [0.25, 0.3) is 5.91 Å². The first-order valence-electron chi connectivity index (χ1n) is 7.79. The van der Waals surface area contributed by atoms with Crippen molar-refractivity contribution in [3.8, 4) is 0 Å². The van der Waals surface area contributed by atoms with Crippen LogP contribution in [0.4, 0.5) is 9.18 Å². The van der Waals surface area contributed by atoms with Crippen LogP contribution in [0.15, 0.2) is 18.2 Å². The van der Waals surface area contributed by atoms with Gasteiger partial charge in [0.1, 0.15) is 5.82 Å². The Balaban J connectivity index is 2.25. The van der Waals surface area contributed by atoms with E-state index in [9.17, 15) is 14.0 Å². The maximum atomic E-state index is 14.0. The summed E-state index contributed by atoms with van der Waals surface area (Å²) in [6.07, 6.45) is 0.536. The second kappa shape index (κ2) is 6.59. The molecule has 0 bridgehead atoms. The second-order valence-corrected chi connectivity index (χ2v) is 7.48. The van der Waals surface area contributed by atoms with Gasteiger partial charge in [-0.3, -0.25) is 4.79 Å². The van der Waals surface area contributed by atoms with Gasteiger partial charge < -0.3 is 15.8 Å². The van der Waals surface area contributed by atoms with Crippen LogP contribution in [0, 0.1) is 17.2 Å². The SMILES string of the molecule is CC(C)(C)[C@](OC(N)=O)(C(=O)NCc1cccc(Cl)c1F)C1CC1. The standard InChI is InChI=1S/C17H22ClFN2O3/c1-16(2,3)17(11-7-8-11,24-15(20)23)14(22)21-9-10-5-4-6-12(18)13(10)19/h4-6,11H,7-9H2,1-3H3,(H2,20,23)(H,21,22)/t17-/m1/s1. The predicted octanol–water partition coefficient (Wildman–Crippen LogP) is 3.39. The van der Waals surface area contributed by atoms with E-state index in [4.69, 9.17) is 22.1 Å². The fraction of sp³-hybridized carbons (Fsp3) is 0.529. The Kier molecular flexibility index (Phi) is 5.08. The van der Waals surface area contributed by atoms with Gasteiger partial charge >= 0.3 is 6.09 Å². The third kappa shape index (κ3) is 3.48. The minimum atomic E-state index is -1.38. The number of nitrogens with one attached hydrogen (secondary N) is 1. The molecule has 132 valence electrons. The Hall–Kier alpha value is -1.82. The molecule has 0 spiro atoms. The molecule has 1 aromatic rings. The molecule has 1 fully saturated rings. The third-order valence-corrected chi connectivity index (χ3v) is 4.63. The van der Waals surface area contributed by atoms with Crippen molar-refractivity contribution in [2.75, 3.05) is 0 Å². The third-order valence-electron chi connectivity index (χ3n) is 4.34. The van der Waals surface area contributed by atoms with Crippen molar-refractivity contribution in [1.29, 1.82) is 0 Å². The molecule has 24 heavy (non-hydrogen) atoms. The highest BCUT2D eigenvalue weighted by molar-refractivity contribution is 6.30. The van der Waals surface area contributed by atoms with E-state index in [2.05, 4.69) is 5.32 Å². The fourth-order valence-electron chi connectivity index (χ4n) is 3.06. The normalized spacial score (nSPS) is 17.0. The van der Waals surface area contributed by atoms with Gasteiger partial charge in [-0.05, 0) is 18.9 Å². The van der Waals surface area contributed by atoms with Crippen molar-refractivity contribution < 1.29 is 18.7 Å². The Morgan fingerprint density at radius 1 is 1.38 bits per heavy atom. The van der Waals surface area contributed by atoms with Crippen LogP contribution >= 0.6 is 11.6 Å². The second-order valence-electron chi connectivity index (χ2n) is 7.08. The summed E-state index contributed by atoms with van der Waals surface area (Å²) in [6, 6.07) is 4.57. The van der Waals surface area contributed by atoms with Crippen molar-refractivity contribution in [2.45, 2.75) is 45.8 Å². The highest BCUT2D eigenvalue weighted by atomic mass is 35.5. The van der Waals surface area contributed by atoms with Crippen LogP contribution in [-0.2, 0) is 16.1 Å². The topological polar surface area (TPSA) is 81.4 Å². The average molecular weight is 357 g/mol. The number of amides is 2. The number of rotatable bonds is 5. The molecule has 0 radical (unpaired) electrons. The minimum Gasteiger partial charge on any atom is -0.432 e. The van der Waals surface area contributed by atoms with E-state index >= 15 is 0 Å². The molecule has 0 unspecified atom stereocenters. The van der Waals surface area contributed by atoms with Gasteiger partial charge in [0.15, 0.2) is 5.60 Å². The first-order chi connectivity index (χ1) is 11.1. The van der Waals surface area contributed by atoms with E-state index in [1.54, 1.807) is 6.07 Å². The maximum Gasteiger partial charge on any atom is 0.405 e. The molecule has 0 saturated heterocycles. The van der Waals surface area contributed by atoms with Gasteiger partial charge in [-0.15, -0.1) is 0 Å². The minimum absolute atomic E-state index is 0.0144. The van der Waals surface area contributed by atoms with Gasteiger partial charge in [0.05, 0.1) is 5.02 Å². The lowest BCUT2D eigenvalue weighted by molar-refractivity contribution is -0.156. The van der Waals surface area contributed by atoms with Crippen LogP contribution in [0.3, 0.4) is 0 Å². The molecule has 7 heteroatoms. The number of primary amides is 1. The summed E-state index contributed by atoms with van der Waals surface area (Å²) in [5.74, 6) is -1.16. The van der Waals surface area contributed by atoms with E-state index in [1.165, 1.54) is 12.1 Å². The number of halogens is 2. The first-order valence-corrected chi connectivity index (χ1v) is 8.17. The molecule has 1 saturated carbocycles. The van der Waals surface area contributed by atoms with E-state index in [1.807, 2.05) is 20.8 Å². The van der Waals surface area contributed by atoms with Crippen molar-refractivity contribution in [2.24, 2.45) is 17.1 Å². The number of benzene rings is 1. The zero-order valence-corrected chi connectivity index (χ0v) is 14.7. The molecule has 1 aliphatic rings. The van der Waals surface area contributed by atoms with Crippen molar-refractivity contribution >= 4 is 23.6 Å². The molecule has 0 aliphatic heterocycles. The van der Waals surface area contributed by atoms with E-state index < -0.39 is 28.8 Å². The molecule has 1 aromatic carbocycles. The fourth-order valence-corrected chi connectivity index (χ4v) is 3.26. The lowest BCUT2D eigenvalue weighted by Crippen LogP contribution is -2.60. The van der Waals surface area contributed by atoms with Crippen molar-refractivity contribution in [3.63, 3.8) is 0 Å². The monoisotopic (exact) mass is 356 g/mol. The molecule has 0 aromatic heterocycles. The molecular weight excluding hydrogens is 335 g/mol. The lowest BCUT2D eigenvalue weighted by atomic mass is 9.72. The van der Waals surface area contributed by atoms with Gasteiger partial charge in [0.2, 0.25) is 0 Å². The van der Waals surface area contributed by atoms with Gasteiger partial charge in [-0.1, -0.05) is 44.5 Å². The summed E-state index contributed by atoms with van der Waals surface area (Å²) >= 11 is 5.75. The van der Waals surface area contributed by atoms with Crippen LogP contribution in [0.2, 0.25) is 5.02 Å². The largest absolute Gasteiger partial charge is 0.432 e. The Morgan fingerprint density at radius 3 is 2.50 bits per heavy atom. The van der Waals surface area contributed by atoms with Gasteiger partial charge in [-0.25, -0.2) is 9.18 Å². The molecule has 2 amide bonds. The molecule has 3 N–H and O–H groups in total. The summed E-state index contributed by atoms with van der Waals surface area (Å²) in [6.45, 7) is 5.38. The summed E-state index contributed by atoms with van der Waals surface area (Å²) in [7, 11) is 0. The molecule has 1 atom stereocenters. The van der Waals surface area contributed by atoms with Gasteiger partial charge in [-0.2, -0.15) is 0 Å². The Labute approximate surface area is 145 Å². The number of nitrogens with two attached hydrogens (primary N) is 1. The zero-order valence-electron chi connectivity index (χ0n) is 14.0. The predicted molar refractivity (Wildman–Crippen MR) is 88.8 cm³/mol. The van der Waals surface area contributed by atoms with E-state index in [0.717, 1.165) is 12.8 Å². The molecule has 2 rings (SSSR count). The summed E-state index contributed by atoms with van der Waals surface area (Å²) < 4.78 is 19.3. The highest BCUT2D eigenvalue weighted by Gasteiger charge is 2.61. The van der Waals surface area contributed by atoms with Crippen LogP contribution in [-0.4, -0.2) is 17.6 Å². The highest BCUT2D eigenvalue weighted by Crippen LogP contribution is 2.51. The summed E-state index contributed by atoms with van der Waals surface area (Å²) in [5.41, 5.74) is 3.42. The van der Waals surface area contributed by atoms with Crippen molar-refractivity contribution in [1.82, 2.24) is 5.32 Å². The molecule has 5 nitrogen and oxygen atoms in total. The van der Waals surface area contributed by atoms with E-state index in [0.29, 0.717) is 0 Å². The molecular formula is C17H22ClFN2O3. The van der Waals surface area contributed by atoms with Crippen LogP contribution in [0.5, 0.6) is 0 Å². The summed E-state index contributed by atoms with van der Waals surface area (Å²) in [5, 5.41) is 2.66. The van der Waals surface area contributed by atoms with Crippen LogP contribution < -0.4 is 11.1 Å². The Morgan fingerprint density at radius 2 is 2.00 bits per heavy atom. The number of ether oxygens (including phenoxy) is 1. The summed E-state index contributed by atoms with van der Waals surface area (Å²) in [4.78, 5) is 24.3. The molecule has 1 aliphatic carbocycles. The quantitative estimate of drug-likeness (QED) is 0.848. The van der Waals surface area contributed by atoms with Gasteiger partial charge in [0, 0.05) is 23.4 Å². The van der Waals surface area contributed by atoms with E-state index in [-0.39, 0.29) is 23.0 Å². The Bertz CT molecular complexity index is 656. The molecule has 0 heterocycles. The van der Waals surface area contributed by atoms with Crippen molar-refractivity contribution in [3.05, 3.63) is 34.6 Å². The van der Waals surface area contributed by atoms with Crippen LogP contribution in [0.1, 0.15) is 39.2 Å². The number of hydrogen-bond donors (Lipinski definition) is 2. The number of carbonyl (C=O) groups is 2. The average Bonchev–Trinajstić information content (AvgIpc) is 3.29.